The molecule has 0 saturated heterocycles. The summed E-state index contributed by atoms with van der Waals surface area (Å²) in [5, 5.41) is 0. The van der Waals surface area contributed by atoms with Crippen molar-refractivity contribution in [2.75, 3.05) is 0 Å². The van der Waals surface area contributed by atoms with E-state index in [-0.39, 0.29) is 6.04 Å². The van der Waals surface area contributed by atoms with Crippen molar-refractivity contribution in [2.24, 2.45) is 5.84 Å². The molecule has 3 N–H and O–H groups in total. The molecule has 0 amide bonds. The van der Waals surface area contributed by atoms with Crippen molar-refractivity contribution in [1.82, 2.24) is 10.4 Å². The van der Waals surface area contributed by atoms with Crippen LogP contribution in [0.2, 0.25) is 0 Å². The van der Waals surface area contributed by atoms with E-state index in [1.165, 1.54) is 0 Å². The summed E-state index contributed by atoms with van der Waals surface area (Å²) in [5.41, 5.74) is 3.29. The molecule has 60 valence electrons. The Labute approximate surface area is 65.1 Å². The molecule has 0 saturated carbocycles. The molecule has 0 bridgehead atoms. The van der Waals surface area contributed by atoms with E-state index in [1.807, 2.05) is 0 Å². The van der Waals surface area contributed by atoms with Crippen LogP contribution < -0.4 is 11.3 Å². The average molecular weight is 153 g/mol. The zero-order valence-corrected chi connectivity index (χ0v) is 6.37. The van der Waals surface area contributed by atoms with Gasteiger partial charge in [0, 0.05) is 6.92 Å². The molecular formula is C7H11N3O. The Kier molecular flexibility index (Phi) is 2.40. The number of aromatic nitrogens is 1. The van der Waals surface area contributed by atoms with Gasteiger partial charge >= 0.3 is 0 Å². The second kappa shape index (κ2) is 3.32. The SMILES string of the molecule is C=CC(NN)c1coc(C)n1. The van der Waals surface area contributed by atoms with Gasteiger partial charge < -0.3 is 4.42 Å². The van der Waals surface area contributed by atoms with E-state index in [2.05, 4.69) is 17.0 Å². The lowest BCUT2D eigenvalue weighted by atomic mass is 10.2. The summed E-state index contributed by atoms with van der Waals surface area (Å²) < 4.78 is 4.99. The Balaban J connectivity index is 2.81. The third-order valence-electron chi connectivity index (χ3n) is 1.37. The number of hydrogen-bond acceptors (Lipinski definition) is 4. The number of aryl methyl sites for hydroxylation is 1. The van der Waals surface area contributed by atoms with E-state index < -0.39 is 0 Å². The summed E-state index contributed by atoms with van der Waals surface area (Å²) in [4.78, 5) is 4.07. The Morgan fingerprint density at radius 3 is 3.00 bits per heavy atom. The van der Waals surface area contributed by atoms with Crippen LogP contribution >= 0.6 is 0 Å². The largest absolute Gasteiger partial charge is 0.449 e. The van der Waals surface area contributed by atoms with Gasteiger partial charge in [0.1, 0.15) is 12.0 Å². The van der Waals surface area contributed by atoms with Gasteiger partial charge in [0.2, 0.25) is 0 Å². The van der Waals surface area contributed by atoms with Gasteiger partial charge in [-0.05, 0) is 0 Å². The Hall–Kier alpha value is -1.13. The summed E-state index contributed by atoms with van der Waals surface area (Å²) in [6.07, 6.45) is 3.22. The van der Waals surface area contributed by atoms with Crippen molar-refractivity contribution < 1.29 is 4.42 Å². The lowest BCUT2D eigenvalue weighted by Crippen LogP contribution is -2.26. The molecule has 4 heteroatoms. The fourth-order valence-corrected chi connectivity index (χ4v) is 0.797. The van der Waals surface area contributed by atoms with Crippen LogP contribution in [0.5, 0.6) is 0 Å². The minimum absolute atomic E-state index is 0.132. The Morgan fingerprint density at radius 1 is 1.91 bits per heavy atom. The molecule has 1 aromatic heterocycles. The van der Waals surface area contributed by atoms with Crippen molar-refractivity contribution in [2.45, 2.75) is 13.0 Å². The Morgan fingerprint density at radius 2 is 2.64 bits per heavy atom. The van der Waals surface area contributed by atoms with Crippen LogP contribution in [0.3, 0.4) is 0 Å². The maximum Gasteiger partial charge on any atom is 0.191 e. The van der Waals surface area contributed by atoms with Gasteiger partial charge in [0.05, 0.1) is 6.04 Å². The minimum Gasteiger partial charge on any atom is -0.449 e. The van der Waals surface area contributed by atoms with Gasteiger partial charge in [0.25, 0.3) is 0 Å². The quantitative estimate of drug-likeness (QED) is 0.380. The summed E-state index contributed by atoms with van der Waals surface area (Å²) in [5.74, 6) is 5.85. The molecule has 0 aromatic carbocycles. The number of hydrazine groups is 1. The first-order valence-corrected chi connectivity index (χ1v) is 3.28. The van der Waals surface area contributed by atoms with Crippen molar-refractivity contribution in [3.8, 4) is 0 Å². The van der Waals surface area contributed by atoms with E-state index in [4.69, 9.17) is 10.3 Å². The molecule has 4 nitrogen and oxygen atoms in total. The maximum absolute atomic E-state index is 5.22. The zero-order chi connectivity index (χ0) is 8.27. The fourth-order valence-electron chi connectivity index (χ4n) is 0.797. The molecule has 0 aliphatic heterocycles. The molecule has 1 heterocycles. The fraction of sp³-hybridized carbons (Fsp3) is 0.286. The number of rotatable bonds is 3. The highest BCUT2D eigenvalue weighted by atomic mass is 16.3. The summed E-state index contributed by atoms with van der Waals surface area (Å²) in [6.45, 7) is 5.37. The first-order valence-electron chi connectivity index (χ1n) is 3.28. The van der Waals surface area contributed by atoms with E-state index in [0.29, 0.717) is 5.89 Å². The van der Waals surface area contributed by atoms with Crippen LogP contribution in [0.4, 0.5) is 0 Å². The van der Waals surface area contributed by atoms with Gasteiger partial charge in [-0.2, -0.15) is 0 Å². The van der Waals surface area contributed by atoms with Crippen molar-refractivity contribution in [3.05, 3.63) is 30.5 Å². The van der Waals surface area contributed by atoms with Crippen LogP contribution in [-0.2, 0) is 0 Å². The third kappa shape index (κ3) is 1.66. The molecule has 0 aliphatic rings. The van der Waals surface area contributed by atoms with E-state index in [9.17, 15) is 0 Å². The molecule has 1 atom stereocenters. The van der Waals surface area contributed by atoms with Gasteiger partial charge in [-0.3, -0.25) is 5.84 Å². The van der Waals surface area contributed by atoms with E-state index >= 15 is 0 Å². The molecule has 1 aromatic rings. The van der Waals surface area contributed by atoms with Crippen molar-refractivity contribution in [3.63, 3.8) is 0 Å². The minimum atomic E-state index is -0.132. The number of nitrogens with zero attached hydrogens (tertiary/aromatic N) is 1. The Bertz CT molecular complexity index is 244. The topological polar surface area (TPSA) is 64.1 Å². The third-order valence-corrected chi connectivity index (χ3v) is 1.37. The first-order chi connectivity index (χ1) is 5.27. The van der Waals surface area contributed by atoms with E-state index in [0.717, 1.165) is 5.69 Å². The van der Waals surface area contributed by atoms with Crippen LogP contribution in [-0.4, -0.2) is 4.98 Å². The number of oxazole rings is 1. The standard InChI is InChI=1S/C7H11N3O/c1-3-6(10-8)7-4-11-5(2)9-7/h3-4,6,10H,1,8H2,2H3. The van der Waals surface area contributed by atoms with Crippen molar-refractivity contribution in [1.29, 1.82) is 0 Å². The first kappa shape index (κ1) is 7.97. The number of nitrogens with two attached hydrogens (primary N) is 1. The lowest BCUT2D eigenvalue weighted by Gasteiger charge is -2.04. The molecule has 0 radical (unpaired) electrons. The van der Waals surface area contributed by atoms with Crippen LogP contribution in [0.25, 0.3) is 0 Å². The lowest BCUT2D eigenvalue weighted by molar-refractivity contribution is 0.519. The molecule has 0 aliphatic carbocycles. The number of hydrogen-bond donors (Lipinski definition) is 2. The highest BCUT2D eigenvalue weighted by molar-refractivity contribution is 5.08. The van der Waals surface area contributed by atoms with Crippen LogP contribution in [0.15, 0.2) is 23.3 Å². The number of nitrogens with one attached hydrogen (secondary N) is 1. The predicted octanol–water partition coefficient (Wildman–Crippen LogP) is 0.673. The average Bonchev–Trinajstić information content (AvgIpc) is 2.39. The van der Waals surface area contributed by atoms with Crippen molar-refractivity contribution >= 4 is 0 Å². The second-order valence-electron chi connectivity index (χ2n) is 2.17. The van der Waals surface area contributed by atoms with Gasteiger partial charge in [0.15, 0.2) is 5.89 Å². The summed E-state index contributed by atoms with van der Waals surface area (Å²) in [6, 6.07) is -0.132. The molecule has 11 heavy (non-hydrogen) atoms. The van der Waals surface area contributed by atoms with Gasteiger partial charge in [-0.1, -0.05) is 6.08 Å². The summed E-state index contributed by atoms with van der Waals surface area (Å²) in [7, 11) is 0. The smallest absolute Gasteiger partial charge is 0.191 e. The highest BCUT2D eigenvalue weighted by Gasteiger charge is 2.08. The molecule has 1 unspecified atom stereocenters. The van der Waals surface area contributed by atoms with Crippen LogP contribution in [0, 0.1) is 6.92 Å². The maximum atomic E-state index is 5.22. The highest BCUT2D eigenvalue weighted by Crippen LogP contribution is 2.11. The monoisotopic (exact) mass is 153 g/mol. The van der Waals surface area contributed by atoms with Gasteiger partial charge in [-0.15, -0.1) is 6.58 Å². The van der Waals surface area contributed by atoms with Crippen LogP contribution in [0.1, 0.15) is 17.6 Å². The molecule has 0 spiro atoms. The van der Waals surface area contributed by atoms with E-state index in [1.54, 1.807) is 19.3 Å². The summed E-state index contributed by atoms with van der Waals surface area (Å²) >= 11 is 0. The normalized spacial score (nSPS) is 12.9. The zero-order valence-electron chi connectivity index (χ0n) is 6.37. The second-order valence-corrected chi connectivity index (χ2v) is 2.17. The van der Waals surface area contributed by atoms with Gasteiger partial charge in [-0.25, -0.2) is 10.4 Å². The molecule has 1 rings (SSSR count). The molecular weight excluding hydrogens is 142 g/mol. The predicted molar refractivity (Wildman–Crippen MR) is 41.5 cm³/mol. The molecule has 0 fully saturated rings.